The van der Waals surface area contributed by atoms with Gasteiger partial charge in [-0.3, -0.25) is 4.79 Å². The van der Waals surface area contributed by atoms with Crippen molar-refractivity contribution in [3.05, 3.63) is 35.6 Å². The Kier molecular flexibility index (Phi) is 3.22. The van der Waals surface area contributed by atoms with Gasteiger partial charge in [0.05, 0.1) is 0 Å². The summed E-state index contributed by atoms with van der Waals surface area (Å²) in [7, 11) is 0. The third-order valence-electron chi connectivity index (χ3n) is 1.76. The van der Waals surface area contributed by atoms with Gasteiger partial charge in [0.2, 0.25) is 5.91 Å². The highest BCUT2D eigenvalue weighted by atomic mass is 19.1. The second kappa shape index (κ2) is 4.41. The Morgan fingerprint density at radius 1 is 1.33 bits per heavy atom. The van der Waals surface area contributed by atoms with Crippen LogP contribution in [-0.2, 0) is 4.79 Å². The lowest BCUT2D eigenvalue weighted by molar-refractivity contribution is -0.120. The molecule has 2 amide bonds. The highest BCUT2D eigenvalue weighted by Crippen LogP contribution is 2.12. The van der Waals surface area contributed by atoms with E-state index in [4.69, 9.17) is 10.8 Å². The van der Waals surface area contributed by atoms with Crippen LogP contribution in [0, 0.1) is 5.82 Å². The minimum Gasteiger partial charge on any atom is -0.465 e. The highest BCUT2D eigenvalue weighted by Gasteiger charge is 2.19. The SMILES string of the molecule is NC(=O)C(NC(=O)O)c1ccc(F)cc1. The monoisotopic (exact) mass is 212 g/mol. The maximum absolute atomic E-state index is 12.6. The van der Waals surface area contributed by atoms with Crippen molar-refractivity contribution in [1.29, 1.82) is 0 Å². The fourth-order valence-corrected chi connectivity index (χ4v) is 1.10. The van der Waals surface area contributed by atoms with Crippen LogP contribution in [0.15, 0.2) is 24.3 Å². The molecule has 1 rings (SSSR count). The van der Waals surface area contributed by atoms with Crippen LogP contribution < -0.4 is 11.1 Å². The molecular weight excluding hydrogens is 203 g/mol. The van der Waals surface area contributed by atoms with Gasteiger partial charge in [0.1, 0.15) is 11.9 Å². The standard InChI is InChI=1S/C9H9FN2O3/c10-6-3-1-5(2-4-6)7(8(11)13)12-9(14)15/h1-4,7,12H,(H2,11,13)(H,14,15). The lowest BCUT2D eigenvalue weighted by Crippen LogP contribution is -2.36. The van der Waals surface area contributed by atoms with Crippen LogP contribution in [0.2, 0.25) is 0 Å². The van der Waals surface area contributed by atoms with E-state index in [1.807, 2.05) is 5.32 Å². The number of carboxylic acid groups (broad SMARTS) is 1. The second-order valence-corrected chi connectivity index (χ2v) is 2.84. The number of rotatable bonds is 3. The number of hydrogen-bond acceptors (Lipinski definition) is 2. The molecule has 1 aromatic rings. The molecule has 0 aliphatic rings. The number of nitrogens with two attached hydrogens (primary N) is 1. The fraction of sp³-hybridized carbons (Fsp3) is 0.111. The van der Waals surface area contributed by atoms with Gasteiger partial charge in [-0.25, -0.2) is 9.18 Å². The molecule has 4 N–H and O–H groups in total. The molecule has 1 atom stereocenters. The van der Waals surface area contributed by atoms with Gasteiger partial charge in [0.25, 0.3) is 0 Å². The molecule has 0 aliphatic carbocycles. The zero-order chi connectivity index (χ0) is 11.4. The summed E-state index contributed by atoms with van der Waals surface area (Å²) < 4.78 is 12.6. The first-order valence-corrected chi connectivity index (χ1v) is 4.05. The van der Waals surface area contributed by atoms with Gasteiger partial charge in [-0.1, -0.05) is 12.1 Å². The molecule has 0 saturated heterocycles. The Balaban J connectivity index is 2.94. The Morgan fingerprint density at radius 2 is 1.87 bits per heavy atom. The van der Waals surface area contributed by atoms with Crippen molar-refractivity contribution in [2.45, 2.75) is 6.04 Å². The van der Waals surface area contributed by atoms with Gasteiger partial charge in [-0.2, -0.15) is 0 Å². The normalized spacial score (nSPS) is 11.8. The maximum atomic E-state index is 12.6. The first kappa shape index (κ1) is 11.0. The number of hydrogen-bond donors (Lipinski definition) is 3. The first-order valence-electron chi connectivity index (χ1n) is 4.05. The first-order chi connectivity index (χ1) is 7.00. The predicted molar refractivity (Wildman–Crippen MR) is 49.5 cm³/mol. The van der Waals surface area contributed by atoms with Crippen LogP contribution in [0.4, 0.5) is 9.18 Å². The summed E-state index contributed by atoms with van der Waals surface area (Å²) in [6, 6.07) is 3.66. The molecule has 0 spiro atoms. The number of benzene rings is 1. The number of primary amides is 1. The van der Waals surface area contributed by atoms with E-state index >= 15 is 0 Å². The van der Waals surface area contributed by atoms with Crippen molar-refractivity contribution in [3.63, 3.8) is 0 Å². The molecule has 5 nitrogen and oxygen atoms in total. The van der Waals surface area contributed by atoms with Gasteiger partial charge < -0.3 is 16.2 Å². The Morgan fingerprint density at radius 3 is 2.27 bits per heavy atom. The van der Waals surface area contributed by atoms with Crippen molar-refractivity contribution in [2.75, 3.05) is 0 Å². The molecule has 6 heteroatoms. The second-order valence-electron chi connectivity index (χ2n) is 2.84. The van der Waals surface area contributed by atoms with Gasteiger partial charge in [-0.05, 0) is 17.7 Å². The van der Waals surface area contributed by atoms with Crippen LogP contribution in [0.25, 0.3) is 0 Å². The minimum atomic E-state index is -1.37. The third-order valence-corrected chi connectivity index (χ3v) is 1.76. The largest absolute Gasteiger partial charge is 0.465 e. The van der Waals surface area contributed by atoms with E-state index in [0.717, 1.165) is 12.1 Å². The van der Waals surface area contributed by atoms with E-state index in [9.17, 15) is 14.0 Å². The zero-order valence-corrected chi connectivity index (χ0v) is 7.61. The zero-order valence-electron chi connectivity index (χ0n) is 7.61. The van der Waals surface area contributed by atoms with Crippen molar-refractivity contribution < 1.29 is 19.1 Å². The van der Waals surface area contributed by atoms with Gasteiger partial charge >= 0.3 is 6.09 Å². The van der Waals surface area contributed by atoms with Gasteiger partial charge in [0.15, 0.2) is 0 Å². The molecule has 0 saturated carbocycles. The Bertz CT molecular complexity index is 377. The summed E-state index contributed by atoms with van der Waals surface area (Å²) in [4.78, 5) is 21.3. The van der Waals surface area contributed by atoms with Crippen LogP contribution in [0.5, 0.6) is 0 Å². The van der Waals surface area contributed by atoms with E-state index in [0.29, 0.717) is 5.56 Å². The number of nitrogens with one attached hydrogen (secondary N) is 1. The number of amides is 2. The molecular formula is C9H9FN2O3. The van der Waals surface area contributed by atoms with E-state index in [1.54, 1.807) is 0 Å². The molecule has 80 valence electrons. The van der Waals surface area contributed by atoms with Crippen LogP contribution in [-0.4, -0.2) is 17.1 Å². The van der Waals surface area contributed by atoms with E-state index in [2.05, 4.69) is 0 Å². The van der Waals surface area contributed by atoms with Crippen LogP contribution in [0.3, 0.4) is 0 Å². The predicted octanol–water partition coefficient (Wildman–Crippen LogP) is 0.620. The van der Waals surface area contributed by atoms with Crippen molar-refractivity contribution in [2.24, 2.45) is 5.73 Å². The molecule has 0 radical (unpaired) electrons. The smallest absolute Gasteiger partial charge is 0.405 e. The third kappa shape index (κ3) is 2.94. The van der Waals surface area contributed by atoms with Crippen LogP contribution in [0.1, 0.15) is 11.6 Å². The lowest BCUT2D eigenvalue weighted by Gasteiger charge is -2.13. The lowest BCUT2D eigenvalue weighted by atomic mass is 10.1. The van der Waals surface area contributed by atoms with E-state index in [1.165, 1.54) is 12.1 Å². The summed E-state index contributed by atoms with van der Waals surface area (Å²) in [6.07, 6.45) is -1.37. The van der Waals surface area contributed by atoms with E-state index < -0.39 is 23.9 Å². The number of carbonyl (C=O) groups is 2. The summed E-state index contributed by atoms with van der Waals surface area (Å²) in [6.45, 7) is 0. The summed E-state index contributed by atoms with van der Waals surface area (Å²) in [5.74, 6) is -1.32. The average molecular weight is 212 g/mol. The molecule has 0 aliphatic heterocycles. The summed E-state index contributed by atoms with van der Waals surface area (Å²) in [5.41, 5.74) is 5.29. The van der Waals surface area contributed by atoms with Crippen LogP contribution >= 0.6 is 0 Å². The number of carbonyl (C=O) groups excluding carboxylic acids is 1. The van der Waals surface area contributed by atoms with Crippen molar-refractivity contribution >= 4 is 12.0 Å². The summed E-state index contributed by atoms with van der Waals surface area (Å²) >= 11 is 0. The maximum Gasteiger partial charge on any atom is 0.405 e. The molecule has 1 unspecified atom stereocenters. The van der Waals surface area contributed by atoms with Gasteiger partial charge in [-0.15, -0.1) is 0 Å². The highest BCUT2D eigenvalue weighted by molar-refractivity contribution is 5.85. The fourth-order valence-electron chi connectivity index (χ4n) is 1.10. The molecule has 0 fully saturated rings. The molecule has 15 heavy (non-hydrogen) atoms. The Hall–Kier alpha value is -2.11. The van der Waals surface area contributed by atoms with Crippen molar-refractivity contribution in [3.8, 4) is 0 Å². The minimum absolute atomic E-state index is 0.298. The molecule has 0 aromatic heterocycles. The van der Waals surface area contributed by atoms with Crippen molar-refractivity contribution in [1.82, 2.24) is 5.32 Å². The molecule has 0 heterocycles. The average Bonchev–Trinajstić information content (AvgIpc) is 2.15. The quantitative estimate of drug-likeness (QED) is 0.685. The molecule has 0 bridgehead atoms. The number of halogens is 1. The Labute approximate surface area is 84.7 Å². The van der Waals surface area contributed by atoms with E-state index in [-0.39, 0.29) is 0 Å². The molecule has 1 aromatic carbocycles. The van der Waals surface area contributed by atoms with Gasteiger partial charge in [0, 0.05) is 0 Å². The topological polar surface area (TPSA) is 92.4 Å². The summed E-state index contributed by atoms with van der Waals surface area (Å²) in [5, 5.41) is 10.4.